The summed E-state index contributed by atoms with van der Waals surface area (Å²) < 4.78 is 11.3. The molecule has 0 amide bonds. The number of hydrogen-bond donors (Lipinski definition) is 2. The van der Waals surface area contributed by atoms with Gasteiger partial charge < -0.3 is 19.9 Å². The number of methoxy groups -OCH3 is 2. The van der Waals surface area contributed by atoms with Crippen molar-refractivity contribution in [2.75, 3.05) is 27.8 Å². The van der Waals surface area contributed by atoms with Gasteiger partial charge in [-0.3, -0.25) is 0 Å². The number of rotatable bonds is 5. The Bertz CT molecular complexity index is 396. The van der Waals surface area contributed by atoms with Crippen LogP contribution in [0.2, 0.25) is 0 Å². The molecule has 0 aliphatic carbocycles. The van der Waals surface area contributed by atoms with E-state index < -0.39 is 6.10 Å². The SMILES string of the molecule is CNCC(O)c1cc(C)c(OC)c(Br)c1OC. The molecule has 0 aliphatic heterocycles. The highest BCUT2D eigenvalue weighted by Crippen LogP contribution is 2.41. The monoisotopic (exact) mass is 303 g/mol. The molecule has 5 heteroatoms. The molecule has 0 spiro atoms. The number of nitrogens with one attached hydrogen (secondary N) is 1. The second-order valence-corrected chi connectivity index (χ2v) is 4.53. The van der Waals surface area contributed by atoms with Gasteiger partial charge in [0, 0.05) is 12.1 Å². The fraction of sp³-hybridized carbons (Fsp3) is 0.500. The molecule has 0 radical (unpaired) electrons. The largest absolute Gasteiger partial charge is 0.495 e. The van der Waals surface area contributed by atoms with Gasteiger partial charge >= 0.3 is 0 Å². The van der Waals surface area contributed by atoms with Gasteiger partial charge in [-0.1, -0.05) is 0 Å². The molecule has 0 bridgehead atoms. The van der Waals surface area contributed by atoms with E-state index in [1.165, 1.54) is 0 Å². The van der Waals surface area contributed by atoms with Crippen molar-refractivity contribution in [2.24, 2.45) is 0 Å². The summed E-state index contributed by atoms with van der Waals surface area (Å²) >= 11 is 3.44. The van der Waals surface area contributed by atoms with Crippen LogP contribution in [0, 0.1) is 6.92 Å². The van der Waals surface area contributed by atoms with E-state index in [9.17, 15) is 5.11 Å². The van der Waals surface area contributed by atoms with Gasteiger partial charge in [0.25, 0.3) is 0 Å². The first-order valence-corrected chi connectivity index (χ1v) is 6.09. The number of ether oxygens (including phenoxy) is 2. The summed E-state index contributed by atoms with van der Waals surface area (Å²) in [4.78, 5) is 0. The minimum Gasteiger partial charge on any atom is -0.495 e. The maximum atomic E-state index is 10.0. The fourth-order valence-electron chi connectivity index (χ4n) is 1.78. The molecule has 0 aromatic heterocycles. The molecule has 0 heterocycles. The van der Waals surface area contributed by atoms with Crippen LogP contribution in [-0.2, 0) is 0 Å². The van der Waals surface area contributed by atoms with Crippen molar-refractivity contribution < 1.29 is 14.6 Å². The zero-order valence-corrected chi connectivity index (χ0v) is 12.1. The Balaban J connectivity index is 3.31. The summed E-state index contributed by atoms with van der Waals surface area (Å²) in [6, 6.07) is 1.88. The lowest BCUT2D eigenvalue weighted by Gasteiger charge is -2.19. The first-order valence-electron chi connectivity index (χ1n) is 5.30. The number of benzene rings is 1. The van der Waals surface area contributed by atoms with Crippen molar-refractivity contribution in [1.29, 1.82) is 0 Å². The molecule has 96 valence electrons. The minimum absolute atomic E-state index is 0.467. The van der Waals surface area contributed by atoms with Crippen LogP contribution in [0.5, 0.6) is 11.5 Å². The predicted octanol–water partition coefficient (Wildman–Crippen LogP) is 2.03. The van der Waals surface area contributed by atoms with Crippen molar-refractivity contribution in [3.05, 3.63) is 21.7 Å². The number of aryl methyl sites for hydroxylation is 1. The van der Waals surface area contributed by atoms with Crippen molar-refractivity contribution >= 4 is 15.9 Å². The third-order valence-electron chi connectivity index (χ3n) is 2.56. The van der Waals surface area contributed by atoms with Gasteiger partial charge in [-0.15, -0.1) is 0 Å². The molecule has 0 fully saturated rings. The lowest BCUT2D eigenvalue weighted by Crippen LogP contribution is -2.17. The standard InChI is InChI=1S/C12H18BrNO3/c1-7-5-8(9(15)6-14-2)12(17-4)10(13)11(7)16-3/h5,9,14-15H,6H2,1-4H3. The second kappa shape index (κ2) is 6.23. The van der Waals surface area contributed by atoms with Crippen LogP contribution >= 0.6 is 15.9 Å². The highest BCUT2D eigenvalue weighted by atomic mass is 79.9. The van der Waals surface area contributed by atoms with Crippen molar-refractivity contribution in [1.82, 2.24) is 5.32 Å². The van der Waals surface area contributed by atoms with Gasteiger partial charge in [-0.05, 0) is 41.5 Å². The van der Waals surface area contributed by atoms with E-state index in [2.05, 4.69) is 21.2 Å². The number of likely N-dealkylation sites (N-methyl/N-ethyl adjacent to an activating group) is 1. The van der Waals surface area contributed by atoms with E-state index in [0.29, 0.717) is 12.3 Å². The van der Waals surface area contributed by atoms with E-state index in [-0.39, 0.29) is 0 Å². The van der Waals surface area contributed by atoms with E-state index in [4.69, 9.17) is 9.47 Å². The molecule has 1 unspecified atom stereocenters. The van der Waals surface area contributed by atoms with E-state index in [0.717, 1.165) is 21.3 Å². The van der Waals surface area contributed by atoms with E-state index in [1.54, 1.807) is 21.3 Å². The average molecular weight is 304 g/mol. The van der Waals surface area contributed by atoms with Crippen LogP contribution in [0.25, 0.3) is 0 Å². The molecule has 2 N–H and O–H groups in total. The number of aliphatic hydroxyl groups excluding tert-OH is 1. The summed E-state index contributed by atoms with van der Waals surface area (Å²) in [6.45, 7) is 2.40. The van der Waals surface area contributed by atoms with Crippen LogP contribution in [0.3, 0.4) is 0 Å². The molecule has 0 aliphatic rings. The maximum absolute atomic E-state index is 10.0. The zero-order chi connectivity index (χ0) is 13.0. The van der Waals surface area contributed by atoms with Gasteiger partial charge in [0.1, 0.15) is 16.0 Å². The Morgan fingerprint density at radius 1 is 1.35 bits per heavy atom. The average Bonchev–Trinajstić information content (AvgIpc) is 2.29. The molecule has 0 saturated carbocycles. The summed E-state index contributed by atoms with van der Waals surface area (Å²) in [7, 11) is 4.97. The van der Waals surface area contributed by atoms with Crippen LogP contribution in [0.4, 0.5) is 0 Å². The first-order chi connectivity index (χ1) is 8.06. The number of hydrogen-bond acceptors (Lipinski definition) is 4. The molecular weight excluding hydrogens is 286 g/mol. The van der Waals surface area contributed by atoms with Crippen LogP contribution < -0.4 is 14.8 Å². The van der Waals surface area contributed by atoms with E-state index in [1.807, 2.05) is 13.0 Å². The number of halogens is 1. The minimum atomic E-state index is -0.615. The highest BCUT2D eigenvalue weighted by molar-refractivity contribution is 9.10. The van der Waals surface area contributed by atoms with Crippen molar-refractivity contribution in [2.45, 2.75) is 13.0 Å². The fourth-order valence-corrected chi connectivity index (χ4v) is 2.64. The molecule has 4 nitrogen and oxygen atoms in total. The zero-order valence-electron chi connectivity index (χ0n) is 10.5. The smallest absolute Gasteiger partial charge is 0.142 e. The summed E-state index contributed by atoms with van der Waals surface area (Å²) in [6.07, 6.45) is -0.615. The van der Waals surface area contributed by atoms with Crippen LogP contribution in [0.1, 0.15) is 17.2 Å². The predicted molar refractivity (Wildman–Crippen MR) is 70.9 cm³/mol. The Hall–Kier alpha value is -0.780. The Kier molecular flexibility index (Phi) is 5.24. The van der Waals surface area contributed by atoms with Gasteiger partial charge in [-0.2, -0.15) is 0 Å². The first kappa shape index (κ1) is 14.3. The van der Waals surface area contributed by atoms with Crippen molar-refractivity contribution in [3.8, 4) is 11.5 Å². The molecule has 0 saturated heterocycles. The normalized spacial score (nSPS) is 12.4. The molecule has 1 atom stereocenters. The van der Waals surface area contributed by atoms with Crippen LogP contribution in [-0.4, -0.2) is 32.9 Å². The van der Waals surface area contributed by atoms with E-state index >= 15 is 0 Å². The maximum Gasteiger partial charge on any atom is 0.142 e. The Morgan fingerprint density at radius 3 is 2.41 bits per heavy atom. The lowest BCUT2D eigenvalue weighted by atomic mass is 10.0. The van der Waals surface area contributed by atoms with Gasteiger partial charge in [0.2, 0.25) is 0 Å². The van der Waals surface area contributed by atoms with Gasteiger partial charge in [0.15, 0.2) is 0 Å². The van der Waals surface area contributed by atoms with Gasteiger partial charge in [0.05, 0.1) is 20.3 Å². The molecule has 1 rings (SSSR count). The summed E-state index contributed by atoms with van der Waals surface area (Å²) in [5.74, 6) is 1.33. The molecule has 1 aromatic rings. The molecular formula is C12H18BrNO3. The quantitative estimate of drug-likeness (QED) is 0.874. The topological polar surface area (TPSA) is 50.7 Å². The second-order valence-electron chi connectivity index (χ2n) is 3.74. The van der Waals surface area contributed by atoms with Crippen LogP contribution in [0.15, 0.2) is 10.5 Å². The Labute approximate surface area is 110 Å². The third kappa shape index (κ3) is 2.91. The molecule has 17 heavy (non-hydrogen) atoms. The van der Waals surface area contributed by atoms with Gasteiger partial charge in [-0.25, -0.2) is 0 Å². The summed E-state index contributed by atoms with van der Waals surface area (Å²) in [5.41, 5.74) is 1.69. The van der Waals surface area contributed by atoms with Crippen molar-refractivity contribution in [3.63, 3.8) is 0 Å². The molecule has 1 aromatic carbocycles. The highest BCUT2D eigenvalue weighted by Gasteiger charge is 2.20. The summed E-state index contributed by atoms with van der Waals surface area (Å²) in [5, 5.41) is 13.0. The third-order valence-corrected chi connectivity index (χ3v) is 3.28. The lowest BCUT2D eigenvalue weighted by molar-refractivity contribution is 0.173. The Morgan fingerprint density at radius 2 is 1.94 bits per heavy atom. The number of aliphatic hydroxyl groups is 1.